The topological polar surface area (TPSA) is 41.6 Å². The van der Waals surface area contributed by atoms with Crippen LogP contribution < -0.4 is 5.32 Å². The van der Waals surface area contributed by atoms with Gasteiger partial charge in [0.25, 0.3) is 0 Å². The van der Waals surface area contributed by atoms with E-state index in [0.29, 0.717) is 17.1 Å². The molecule has 1 aromatic carbocycles. The fourth-order valence-corrected chi connectivity index (χ4v) is 2.81. The second-order valence-electron chi connectivity index (χ2n) is 6.93. The van der Waals surface area contributed by atoms with Gasteiger partial charge in [0.1, 0.15) is 11.4 Å². The van der Waals surface area contributed by atoms with Gasteiger partial charge in [-0.25, -0.2) is 9.18 Å². The van der Waals surface area contributed by atoms with Crippen molar-refractivity contribution in [1.29, 1.82) is 0 Å². The van der Waals surface area contributed by atoms with Gasteiger partial charge >= 0.3 is 6.09 Å². The summed E-state index contributed by atoms with van der Waals surface area (Å²) in [7, 11) is 0. The molecule has 6 heteroatoms. The van der Waals surface area contributed by atoms with Crippen LogP contribution in [0.3, 0.4) is 0 Å². The van der Waals surface area contributed by atoms with Gasteiger partial charge in [0.2, 0.25) is 0 Å². The third-order valence-corrected chi connectivity index (χ3v) is 3.95. The standard InChI is InChI=1S/C17H24ClFN2O2/c1-17(2,3)23-16(22)20-14-6-8-21(9-7-14)11-12-10-13(18)4-5-15(12)19/h4-5,10,14H,6-9,11H2,1-3H3,(H,20,22). The Hall–Kier alpha value is -1.33. The second kappa shape index (κ2) is 7.49. The molecule has 0 unspecified atom stereocenters. The fraction of sp³-hybridized carbons (Fsp3) is 0.588. The fourth-order valence-electron chi connectivity index (χ4n) is 2.62. The van der Waals surface area contributed by atoms with E-state index in [1.54, 1.807) is 12.1 Å². The summed E-state index contributed by atoms with van der Waals surface area (Å²) in [6.07, 6.45) is 1.26. The quantitative estimate of drug-likeness (QED) is 0.903. The SMILES string of the molecule is CC(C)(C)OC(=O)NC1CCN(Cc2cc(Cl)ccc2F)CC1. The molecule has 4 nitrogen and oxygen atoms in total. The van der Waals surface area contributed by atoms with Crippen LogP contribution >= 0.6 is 11.6 Å². The summed E-state index contributed by atoms with van der Waals surface area (Å²) in [5, 5.41) is 3.44. The van der Waals surface area contributed by atoms with Crippen molar-refractivity contribution in [3.05, 3.63) is 34.6 Å². The van der Waals surface area contributed by atoms with Crippen LogP contribution in [0.4, 0.5) is 9.18 Å². The van der Waals surface area contributed by atoms with E-state index >= 15 is 0 Å². The Morgan fingerprint density at radius 2 is 2.04 bits per heavy atom. The van der Waals surface area contributed by atoms with Crippen LogP contribution in [0, 0.1) is 5.82 Å². The lowest BCUT2D eigenvalue weighted by atomic mass is 10.0. The van der Waals surface area contributed by atoms with Gasteiger partial charge in [0, 0.05) is 36.3 Å². The number of ether oxygens (including phenoxy) is 1. The lowest BCUT2D eigenvalue weighted by Gasteiger charge is -2.32. The lowest BCUT2D eigenvalue weighted by molar-refractivity contribution is 0.0477. The van der Waals surface area contributed by atoms with Gasteiger partial charge in [-0.05, 0) is 51.8 Å². The maximum atomic E-state index is 13.8. The minimum Gasteiger partial charge on any atom is -0.444 e. The molecular formula is C17H24ClFN2O2. The van der Waals surface area contributed by atoms with Gasteiger partial charge in [-0.15, -0.1) is 0 Å². The van der Waals surface area contributed by atoms with Crippen molar-refractivity contribution in [3.63, 3.8) is 0 Å². The zero-order valence-corrected chi connectivity index (χ0v) is 14.6. The molecule has 1 N–H and O–H groups in total. The van der Waals surface area contributed by atoms with Crippen LogP contribution in [0.5, 0.6) is 0 Å². The zero-order chi connectivity index (χ0) is 17.0. The first-order chi connectivity index (χ1) is 10.7. The first kappa shape index (κ1) is 18.0. The third-order valence-electron chi connectivity index (χ3n) is 3.71. The Balaban J connectivity index is 1.80. The van der Waals surface area contributed by atoms with E-state index in [0.717, 1.165) is 25.9 Å². The molecule has 2 rings (SSSR count). The number of alkyl carbamates (subject to hydrolysis) is 1. The highest BCUT2D eigenvalue weighted by Gasteiger charge is 2.24. The summed E-state index contributed by atoms with van der Waals surface area (Å²) >= 11 is 5.92. The van der Waals surface area contributed by atoms with Crippen molar-refractivity contribution >= 4 is 17.7 Å². The largest absolute Gasteiger partial charge is 0.444 e. The summed E-state index contributed by atoms with van der Waals surface area (Å²) in [5.41, 5.74) is 0.116. The minimum absolute atomic E-state index is 0.102. The molecule has 23 heavy (non-hydrogen) atoms. The molecule has 1 aliphatic rings. The van der Waals surface area contributed by atoms with Gasteiger partial charge < -0.3 is 10.1 Å². The molecule has 1 aliphatic heterocycles. The molecule has 1 fully saturated rings. The van der Waals surface area contributed by atoms with Crippen molar-refractivity contribution in [2.75, 3.05) is 13.1 Å². The number of piperidine rings is 1. The zero-order valence-electron chi connectivity index (χ0n) is 13.9. The number of likely N-dealkylation sites (tertiary alicyclic amines) is 1. The average molecular weight is 343 g/mol. The first-order valence-electron chi connectivity index (χ1n) is 7.89. The normalized spacial score (nSPS) is 17.1. The van der Waals surface area contributed by atoms with Gasteiger partial charge in [-0.2, -0.15) is 0 Å². The third kappa shape index (κ3) is 5.99. The molecule has 0 bridgehead atoms. The van der Waals surface area contributed by atoms with Gasteiger partial charge in [0.05, 0.1) is 0 Å². The highest BCUT2D eigenvalue weighted by atomic mass is 35.5. The van der Waals surface area contributed by atoms with E-state index < -0.39 is 5.60 Å². The van der Waals surface area contributed by atoms with Crippen molar-refractivity contribution in [2.45, 2.75) is 51.8 Å². The van der Waals surface area contributed by atoms with E-state index in [1.165, 1.54) is 6.07 Å². The molecule has 1 saturated heterocycles. The lowest BCUT2D eigenvalue weighted by Crippen LogP contribution is -2.45. The summed E-state index contributed by atoms with van der Waals surface area (Å²) in [6, 6.07) is 4.72. The highest BCUT2D eigenvalue weighted by molar-refractivity contribution is 6.30. The van der Waals surface area contributed by atoms with Crippen molar-refractivity contribution in [2.24, 2.45) is 0 Å². The van der Waals surface area contributed by atoms with Crippen LogP contribution in [0.25, 0.3) is 0 Å². The van der Waals surface area contributed by atoms with Crippen LogP contribution in [-0.2, 0) is 11.3 Å². The van der Waals surface area contributed by atoms with Gasteiger partial charge in [-0.3, -0.25) is 4.90 Å². The minimum atomic E-state index is -0.491. The number of rotatable bonds is 3. The van der Waals surface area contributed by atoms with Crippen molar-refractivity contribution in [3.8, 4) is 0 Å². The second-order valence-corrected chi connectivity index (χ2v) is 7.37. The average Bonchev–Trinajstić information content (AvgIpc) is 2.43. The smallest absolute Gasteiger partial charge is 0.407 e. The molecule has 0 radical (unpaired) electrons. The predicted molar refractivity (Wildman–Crippen MR) is 89.1 cm³/mol. The number of benzene rings is 1. The molecule has 0 saturated carbocycles. The highest BCUT2D eigenvalue weighted by Crippen LogP contribution is 2.19. The number of halogens is 2. The molecule has 1 heterocycles. The molecule has 0 aliphatic carbocycles. The van der Waals surface area contributed by atoms with Crippen molar-refractivity contribution < 1.29 is 13.9 Å². The first-order valence-corrected chi connectivity index (χ1v) is 8.26. The van der Waals surface area contributed by atoms with Gasteiger partial charge in [-0.1, -0.05) is 11.6 Å². The number of carbonyl (C=O) groups excluding carboxylic acids is 1. The van der Waals surface area contributed by atoms with Gasteiger partial charge in [0.15, 0.2) is 0 Å². The summed E-state index contributed by atoms with van der Waals surface area (Å²) in [5.74, 6) is -0.233. The van der Waals surface area contributed by atoms with Crippen LogP contribution in [-0.4, -0.2) is 35.7 Å². The Kier molecular flexibility index (Phi) is 5.87. The maximum Gasteiger partial charge on any atom is 0.407 e. The Morgan fingerprint density at radius 1 is 1.39 bits per heavy atom. The van der Waals surface area contributed by atoms with Crippen LogP contribution in [0.1, 0.15) is 39.2 Å². The van der Waals surface area contributed by atoms with E-state index in [9.17, 15) is 9.18 Å². The maximum absolute atomic E-state index is 13.8. The number of hydrogen-bond donors (Lipinski definition) is 1. The number of carbonyl (C=O) groups is 1. The Bertz CT molecular complexity index is 552. The monoisotopic (exact) mass is 342 g/mol. The van der Waals surface area contributed by atoms with E-state index in [1.807, 2.05) is 20.8 Å². The summed E-state index contributed by atoms with van der Waals surface area (Å²) in [6.45, 7) is 7.66. The molecule has 128 valence electrons. The predicted octanol–water partition coefficient (Wildman–Crippen LogP) is 3.97. The van der Waals surface area contributed by atoms with E-state index in [2.05, 4.69) is 10.2 Å². The molecule has 0 spiro atoms. The Labute approximate surface area is 141 Å². The van der Waals surface area contributed by atoms with E-state index in [-0.39, 0.29) is 18.0 Å². The summed E-state index contributed by atoms with van der Waals surface area (Å²) < 4.78 is 19.0. The molecule has 0 atom stereocenters. The van der Waals surface area contributed by atoms with Crippen LogP contribution in [0.15, 0.2) is 18.2 Å². The Morgan fingerprint density at radius 3 is 2.65 bits per heavy atom. The number of nitrogens with one attached hydrogen (secondary N) is 1. The number of nitrogens with zero attached hydrogens (tertiary/aromatic N) is 1. The molecule has 1 aromatic rings. The molecule has 0 aromatic heterocycles. The van der Waals surface area contributed by atoms with E-state index in [4.69, 9.17) is 16.3 Å². The number of hydrogen-bond acceptors (Lipinski definition) is 3. The molecule has 1 amide bonds. The molecular weight excluding hydrogens is 319 g/mol. The summed E-state index contributed by atoms with van der Waals surface area (Å²) in [4.78, 5) is 13.9. The van der Waals surface area contributed by atoms with Crippen LogP contribution in [0.2, 0.25) is 5.02 Å². The number of amides is 1. The van der Waals surface area contributed by atoms with Crippen molar-refractivity contribution in [1.82, 2.24) is 10.2 Å².